The molecule has 1 amide bonds. The number of hydrogen-bond acceptors (Lipinski definition) is 6. The van der Waals surface area contributed by atoms with E-state index in [1.165, 1.54) is 34.6 Å². The quantitative estimate of drug-likeness (QED) is 0.456. The highest BCUT2D eigenvalue weighted by Gasteiger charge is 2.27. The van der Waals surface area contributed by atoms with Crippen molar-refractivity contribution in [3.63, 3.8) is 0 Å². The lowest BCUT2D eigenvalue weighted by Gasteiger charge is -2.23. The predicted octanol–water partition coefficient (Wildman–Crippen LogP) is 2.74. The lowest BCUT2D eigenvalue weighted by atomic mass is 10.3. The maximum atomic E-state index is 12.6. The van der Waals surface area contributed by atoms with Gasteiger partial charge in [0.2, 0.25) is 26.0 Å². The summed E-state index contributed by atoms with van der Waals surface area (Å²) in [7, 11) is -7.30. The predicted molar refractivity (Wildman–Crippen MR) is 132 cm³/mol. The number of nitrogens with zero attached hydrogens (tertiary/aromatic N) is 2. The van der Waals surface area contributed by atoms with E-state index in [1.807, 2.05) is 0 Å². The average Bonchev–Trinajstić information content (AvgIpc) is 3.32. The van der Waals surface area contributed by atoms with Gasteiger partial charge in [-0.05, 0) is 55.3 Å². The Kier molecular flexibility index (Phi) is 8.69. The van der Waals surface area contributed by atoms with Crippen LogP contribution in [-0.4, -0.2) is 66.1 Å². The molecule has 0 aromatic heterocycles. The molecular formula is C21H25Cl2N3O6S2. The summed E-state index contributed by atoms with van der Waals surface area (Å²) in [5.41, 5.74) is 0.104. The Morgan fingerprint density at radius 1 is 1.06 bits per heavy atom. The fourth-order valence-electron chi connectivity index (χ4n) is 3.39. The first kappa shape index (κ1) is 26.6. The second-order valence-electron chi connectivity index (χ2n) is 7.65. The number of anilines is 1. The fraction of sp³-hybridized carbons (Fsp3) is 0.381. The molecule has 9 nitrogen and oxygen atoms in total. The Morgan fingerprint density at radius 3 is 2.32 bits per heavy atom. The van der Waals surface area contributed by atoms with Crippen LogP contribution in [0, 0.1) is 0 Å². The Balaban J connectivity index is 1.52. The number of halogens is 2. The summed E-state index contributed by atoms with van der Waals surface area (Å²) in [5.74, 6) is -0.116. The van der Waals surface area contributed by atoms with Crippen LogP contribution in [0.5, 0.6) is 5.75 Å². The molecule has 0 unspecified atom stereocenters. The third-order valence-corrected chi connectivity index (χ3v) is 8.68. The summed E-state index contributed by atoms with van der Waals surface area (Å²) < 4.78 is 57.4. The van der Waals surface area contributed by atoms with Crippen molar-refractivity contribution in [3.05, 3.63) is 52.5 Å². The van der Waals surface area contributed by atoms with Crippen molar-refractivity contribution in [2.45, 2.75) is 17.7 Å². The van der Waals surface area contributed by atoms with Crippen molar-refractivity contribution in [2.75, 3.05) is 43.3 Å². The molecule has 0 saturated carbocycles. The third kappa shape index (κ3) is 6.76. The Bertz CT molecular complexity index is 1230. The third-order valence-electron chi connectivity index (χ3n) is 5.08. The van der Waals surface area contributed by atoms with Crippen molar-refractivity contribution in [1.29, 1.82) is 0 Å². The number of carbonyl (C=O) groups excluding carboxylic acids is 1. The molecule has 1 fully saturated rings. The minimum Gasteiger partial charge on any atom is -0.492 e. The van der Waals surface area contributed by atoms with E-state index in [0.29, 0.717) is 18.8 Å². The lowest BCUT2D eigenvalue weighted by Crippen LogP contribution is -2.41. The zero-order chi connectivity index (χ0) is 24.9. The van der Waals surface area contributed by atoms with E-state index in [-0.39, 0.29) is 33.8 Å². The van der Waals surface area contributed by atoms with Gasteiger partial charge in [0, 0.05) is 18.1 Å². The first-order valence-corrected chi connectivity index (χ1v) is 14.5. The minimum atomic E-state index is -3.80. The smallest absolute Gasteiger partial charge is 0.243 e. The summed E-state index contributed by atoms with van der Waals surface area (Å²) in [6.07, 6.45) is 2.69. The van der Waals surface area contributed by atoms with Crippen LogP contribution in [-0.2, 0) is 24.8 Å². The number of benzene rings is 2. The molecule has 1 saturated heterocycles. The number of amides is 1. The molecule has 2 aromatic carbocycles. The molecular weight excluding hydrogens is 525 g/mol. The van der Waals surface area contributed by atoms with Crippen molar-refractivity contribution < 1.29 is 26.4 Å². The first-order chi connectivity index (χ1) is 16.0. The van der Waals surface area contributed by atoms with E-state index in [0.717, 1.165) is 23.4 Å². The number of nitrogens with one attached hydrogen (secondary N) is 1. The first-order valence-electron chi connectivity index (χ1n) is 10.4. The maximum Gasteiger partial charge on any atom is 0.243 e. The molecule has 1 aliphatic heterocycles. The van der Waals surface area contributed by atoms with Crippen LogP contribution >= 0.6 is 23.2 Å². The van der Waals surface area contributed by atoms with Gasteiger partial charge in [-0.1, -0.05) is 23.2 Å². The minimum absolute atomic E-state index is 0.0980. The SMILES string of the molecule is CS(=O)(=O)N(CC(=O)NCCOc1ccc(S(=O)(=O)N2CCCC2)cc1)c1cc(Cl)ccc1Cl. The molecule has 13 heteroatoms. The topological polar surface area (TPSA) is 113 Å². The molecule has 3 rings (SSSR count). The van der Waals surface area contributed by atoms with E-state index in [9.17, 15) is 21.6 Å². The Morgan fingerprint density at radius 2 is 1.71 bits per heavy atom. The number of ether oxygens (including phenoxy) is 1. The van der Waals surface area contributed by atoms with Gasteiger partial charge in [0.1, 0.15) is 18.9 Å². The fourth-order valence-corrected chi connectivity index (χ4v) is 6.20. The zero-order valence-corrected chi connectivity index (χ0v) is 21.6. The van der Waals surface area contributed by atoms with Crippen LogP contribution in [0.2, 0.25) is 10.0 Å². The standard InChI is InChI=1S/C21H25Cl2N3O6S2/c1-33(28,29)26(20-14-16(22)4-9-19(20)23)15-21(27)24-10-13-32-17-5-7-18(8-6-17)34(30,31)25-11-2-3-12-25/h4-9,14H,2-3,10-13,15H2,1H3,(H,24,27). The summed E-state index contributed by atoms with van der Waals surface area (Å²) in [5, 5.41) is 3.00. The number of sulfonamides is 2. The van der Waals surface area contributed by atoms with Crippen LogP contribution in [0.15, 0.2) is 47.4 Å². The molecule has 1 heterocycles. The van der Waals surface area contributed by atoms with E-state index in [1.54, 1.807) is 12.1 Å². The molecule has 0 spiro atoms. The molecule has 0 atom stereocenters. The van der Waals surface area contributed by atoms with E-state index in [4.69, 9.17) is 27.9 Å². The van der Waals surface area contributed by atoms with Gasteiger partial charge in [-0.2, -0.15) is 4.31 Å². The highest BCUT2D eigenvalue weighted by molar-refractivity contribution is 7.92. The highest BCUT2D eigenvalue weighted by Crippen LogP contribution is 2.30. The van der Waals surface area contributed by atoms with E-state index in [2.05, 4.69) is 5.32 Å². The summed E-state index contributed by atoms with van der Waals surface area (Å²) in [6.45, 7) is 0.775. The Labute approximate surface area is 209 Å². The van der Waals surface area contributed by atoms with Gasteiger partial charge in [-0.25, -0.2) is 16.8 Å². The molecule has 2 aromatic rings. The number of rotatable bonds is 10. The molecule has 0 radical (unpaired) electrons. The van der Waals surface area contributed by atoms with Gasteiger partial charge >= 0.3 is 0 Å². The summed E-state index contributed by atoms with van der Waals surface area (Å²) >= 11 is 12.0. The number of hydrogen-bond donors (Lipinski definition) is 1. The molecule has 1 aliphatic rings. The largest absolute Gasteiger partial charge is 0.492 e. The van der Waals surface area contributed by atoms with Gasteiger partial charge in [-0.15, -0.1) is 0 Å². The van der Waals surface area contributed by atoms with Crippen LogP contribution < -0.4 is 14.4 Å². The molecule has 0 aliphatic carbocycles. The lowest BCUT2D eigenvalue weighted by molar-refractivity contribution is -0.119. The molecule has 186 valence electrons. The van der Waals surface area contributed by atoms with E-state index >= 15 is 0 Å². The molecule has 0 bridgehead atoms. The summed E-state index contributed by atoms with van der Waals surface area (Å²) in [4.78, 5) is 12.5. The van der Waals surface area contributed by atoms with Crippen LogP contribution in [0.3, 0.4) is 0 Å². The second-order valence-corrected chi connectivity index (χ2v) is 12.3. The van der Waals surface area contributed by atoms with Crippen LogP contribution in [0.1, 0.15) is 12.8 Å². The van der Waals surface area contributed by atoms with E-state index < -0.39 is 32.5 Å². The van der Waals surface area contributed by atoms with Crippen molar-refractivity contribution in [2.24, 2.45) is 0 Å². The number of carbonyl (C=O) groups is 1. The van der Waals surface area contributed by atoms with Gasteiger partial charge < -0.3 is 10.1 Å². The molecule has 34 heavy (non-hydrogen) atoms. The van der Waals surface area contributed by atoms with Crippen molar-refractivity contribution in [1.82, 2.24) is 9.62 Å². The van der Waals surface area contributed by atoms with Gasteiger partial charge in [0.15, 0.2) is 0 Å². The summed E-state index contributed by atoms with van der Waals surface area (Å²) in [6, 6.07) is 10.4. The highest BCUT2D eigenvalue weighted by atomic mass is 35.5. The normalized spacial score (nSPS) is 14.7. The van der Waals surface area contributed by atoms with Crippen LogP contribution in [0.25, 0.3) is 0 Å². The van der Waals surface area contributed by atoms with Gasteiger partial charge in [-0.3, -0.25) is 9.10 Å². The average molecular weight is 550 g/mol. The Hall–Kier alpha value is -2.05. The second kappa shape index (κ2) is 11.1. The van der Waals surface area contributed by atoms with Crippen molar-refractivity contribution in [3.8, 4) is 5.75 Å². The van der Waals surface area contributed by atoms with Gasteiger partial charge in [0.05, 0.1) is 28.4 Å². The molecule has 1 N–H and O–H groups in total. The van der Waals surface area contributed by atoms with Gasteiger partial charge in [0.25, 0.3) is 0 Å². The monoisotopic (exact) mass is 549 g/mol. The van der Waals surface area contributed by atoms with Crippen molar-refractivity contribution >= 4 is 54.8 Å². The maximum absolute atomic E-state index is 12.6. The van der Waals surface area contributed by atoms with Crippen LogP contribution in [0.4, 0.5) is 5.69 Å². The zero-order valence-electron chi connectivity index (χ0n) is 18.4.